The van der Waals surface area contributed by atoms with Gasteiger partial charge < -0.3 is 15.1 Å². The van der Waals surface area contributed by atoms with Gasteiger partial charge in [-0.3, -0.25) is 0 Å². The molecule has 3 rings (SSSR count). The summed E-state index contributed by atoms with van der Waals surface area (Å²) in [6.07, 6.45) is 0. The molecule has 0 fully saturated rings. The van der Waals surface area contributed by atoms with Crippen LogP contribution in [0.4, 0.5) is 5.69 Å². The molecule has 0 atom stereocenters. The van der Waals surface area contributed by atoms with Crippen molar-refractivity contribution in [3.8, 4) is 11.5 Å². The molecule has 1 heterocycles. The van der Waals surface area contributed by atoms with Gasteiger partial charge in [-0.15, -0.1) is 0 Å². The number of aromatic hydroxyl groups is 2. The molecule has 2 aromatic rings. The topological polar surface area (TPSA) is 43.7 Å². The Labute approximate surface area is 99.6 Å². The lowest BCUT2D eigenvalue weighted by atomic mass is 10.1. The molecule has 2 aromatic carbocycles. The second-order valence-corrected chi connectivity index (χ2v) is 4.33. The second kappa shape index (κ2) is 3.70. The molecule has 0 unspecified atom stereocenters. The Morgan fingerprint density at radius 1 is 0.765 bits per heavy atom. The Morgan fingerprint density at radius 3 is 2.18 bits per heavy atom. The van der Waals surface area contributed by atoms with Gasteiger partial charge in [-0.25, -0.2) is 0 Å². The molecule has 0 aliphatic carbocycles. The molecule has 0 saturated heterocycles. The average molecular weight is 227 g/mol. The summed E-state index contributed by atoms with van der Waals surface area (Å²) in [5.74, 6) is 0.597. The van der Waals surface area contributed by atoms with Crippen molar-refractivity contribution in [2.45, 2.75) is 13.1 Å². The van der Waals surface area contributed by atoms with Crippen molar-refractivity contribution in [1.29, 1.82) is 0 Å². The van der Waals surface area contributed by atoms with E-state index in [9.17, 15) is 10.2 Å². The van der Waals surface area contributed by atoms with Crippen LogP contribution in [0.2, 0.25) is 0 Å². The third-order valence-electron chi connectivity index (χ3n) is 3.13. The van der Waals surface area contributed by atoms with E-state index in [-0.39, 0.29) is 5.75 Å². The monoisotopic (exact) mass is 227 g/mol. The maximum Gasteiger partial charge on any atom is 0.115 e. The van der Waals surface area contributed by atoms with Crippen molar-refractivity contribution in [3.05, 3.63) is 53.6 Å². The van der Waals surface area contributed by atoms with Crippen molar-refractivity contribution in [3.63, 3.8) is 0 Å². The third-order valence-corrected chi connectivity index (χ3v) is 3.13. The molecule has 0 amide bonds. The van der Waals surface area contributed by atoms with E-state index < -0.39 is 0 Å². The normalized spacial score (nSPS) is 13.8. The molecule has 2 N–H and O–H groups in total. The molecule has 0 radical (unpaired) electrons. The molecular weight excluding hydrogens is 214 g/mol. The van der Waals surface area contributed by atoms with E-state index in [0.29, 0.717) is 5.75 Å². The standard InChI is InChI=1S/C14H13NO2/c16-13-5-2-12(3-6-13)15-8-10-1-4-14(17)7-11(10)9-15/h1-7,16-17H,8-9H2. The van der Waals surface area contributed by atoms with Crippen molar-refractivity contribution in [2.75, 3.05) is 4.90 Å². The number of anilines is 1. The van der Waals surface area contributed by atoms with E-state index in [1.54, 1.807) is 18.2 Å². The summed E-state index contributed by atoms with van der Waals surface area (Å²) in [5.41, 5.74) is 3.49. The minimum Gasteiger partial charge on any atom is -0.508 e. The minimum absolute atomic E-state index is 0.281. The lowest BCUT2D eigenvalue weighted by Crippen LogP contribution is -2.13. The molecule has 1 aliphatic rings. The first-order chi connectivity index (χ1) is 8.22. The predicted molar refractivity (Wildman–Crippen MR) is 66.1 cm³/mol. The number of phenolic OH excluding ortho intramolecular Hbond substituents is 2. The van der Waals surface area contributed by atoms with E-state index in [0.717, 1.165) is 24.3 Å². The number of benzene rings is 2. The van der Waals surface area contributed by atoms with E-state index in [1.807, 2.05) is 24.3 Å². The molecule has 3 heteroatoms. The third kappa shape index (κ3) is 1.80. The molecule has 0 saturated carbocycles. The average Bonchev–Trinajstić information content (AvgIpc) is 2.72. The minimum atomic E-state index is 0.281. The highest BCUT2D eigenvalue weighted by molar-refractivity contribution is 5.54. The van der Waals surface area contributed by atoms with Crippen molar-refractivity contribution < 1.29 is 10.2 Å². The lowest BCUT2D eigenvalue weighted by Gasteiger charge is -2.17. The second-order valence-electron chi connectivity index (χ2n) is 4.33. The fourth-order valence-electron chi connectivity index (χ4n) is 2.23. The predicted octanol–water partition coefficient (Wildman–Crippen LogP) is 2.62. The van der Waals surface area contributed by atoms with Crippen molar-refractivity contribution in [1.82, 2.24) is 0 Å². The number of hydrogen-bond acceptors (Lipinski definition) is 3. The largest absolute Gasteiger partial charge is 0.508 e. The quantitative estimate of drug-likeness (QED) is 0.787. The number of nitrogens with zero attached hydrogens (tertiary/aromatic N) is 1. The zero-order valence-electron chi connectivity index (χ0n) is 9.30. The van der Waals surface area contributed by atoms with Gasteiger partial charge >= 0.3 is 0 Å². The molecule has 1 aliphatic heterocycles. The van der Waals surface area contributed by atoms with Crippen LogP contribution in [-0.2, 0) is 13.1 Å². The van der Waals surface area contributed by atoms with Crippen molar-refractivity contribution >= 4 is 5.69 Å². The summed E-state index contributed by atoms with van der Waals surface area (Å²) in [5, 5.41) is 18.7. The molecule has 86 valence electrons. The first-order valence-electron chi connectivity index (χ1n) is 5.57. The van der Waals surface area contributed by atoms with Crippen LogP contribution in [0.15, 0.2) is 42.5 Å². The van der Waals surface area contributed by atoms with Gasteiger partial charge in [0.2, 0.25) is 0 Å². The zero-order valence-corrected chi connectivity index (χ0v) is 9.30. The number of rotatable bonds is 1. The highest BCUT2D eigenvalue weighted by Crippen LogP contribution is 2.30. The Hall–Kier alpha value is -2.16. The van der Waals surface area contributed by atoms with Crippen LogP contribution in [-0.4, -0.2) is 10.2 Å². The van der Waals surface area contributed by atoms with Crippen molar-refractivity contribution in [2.24, 2.45) is 0 Å². The van der Waals surface area contributed by atoms with Gasteiger partial charge in [0, 0.05) is 18.8 Å². The van der Waals surface area contributed by atoms with E-state index in [1.165, 1.54) is 5.56 Å². The molecular formula is C14H13NO2. The summed E-state index contributed by atoms with van der Waals surface area (Å²) < 4.78 is 0. The van der Waals surface area contributed by atoms with Crippen LogP contribution >= 0.6 is 0 Å². The summed E-state index contributed by atoms with van der Waals surface area (Å²) in [7, 11) is 0. The SMILES string of the molecule is Oc1ccc(N2Cc3ccc(O)cc3C2)cc1. The number of hydrogen-bond donors (Lipinski definition) is 2. The maximum absolute atomic E-state index is 9.44. The van der Waals surface area contributed by atoms with Gasteiger partial charge in [0.1, 0.15) is 11.5 Å². The summed E-state index contributed by atoms with van der Waals surface area (Å²) in [4.78, 5) is 2.21. The number of phenols is 2. The zero-order chi connectivity index (χ0) is 11.8. The number of fused-ring (bicyclic) bond motifs is 1. The fraction of sp³-hybridized carbons (Fsp3) is 0.143. The first-order valence-corrected chi connectivity index (χ1v) is 5.57. The van der Waals surface area contributed by atoms with Crippen LogP contribution < -0.4 is 4.90 Å². The Bertz CT molecular complexity index is 549. The Morgan fingerprint density at radius 2 is 1.41 bits per heavy atom. The molecule has 0 bridgehead atoms. The Kier molecular flexibility index (Phi) is 2.18. The maximum atomic E-state index is 9.44. The van der Waals surface area contributed by atoms with E-state index >= 15 is 0 Å². The van der Waals surface area contributed by atoms with Gasteiger partial charge in [0.15, 0.2) is 0 Å². The van der Waals surface area contributed by atoms with Crippen LogP contribution in [0.3, 0.4) is 0 Å². The van der Waals surface area contributed by atoms with E-state index in [4.69, 9.17) is 0 Å². The highest BCUT2D eigenvalue weighted by atomic mass is 16.3. The fourth-order valence-corrected chi connectivity index (χ4v) is 2.23. The van der Waals surface area contributed by atoms with Crippen LogP contribution in [0, 0.1) is 0 Å². The highest BCUT2D eigenvalue weighted by Gasteiger charge is 2.19. The lowest BCUT2D eigenvalue weighted by molar-refractivity contribution is 0.474. The summed E-state index contributed by atoms with van der Waals surface area (Å²) >= 11 is 0. The molecule has 0 aromatic heterocycles. The Balaban J connectivity index is 1.88. The summed E-state index contributed by atoms with van der Waals surface area (Å²) in [6, 6.07) is 12.7. The molecule has 0 spiro atoms. The molecule has 17 heavy (non-hydrogen) atoms. The van der Waals surface area contributed by atoms with Gasteiger partial charge in [-0.2, -0.15) is 0 Å². The van der Waals surface area contributed by atoms with Gasteiger partial charge in [0.25, 0.3) is 0 Å². The van der Waals surface area contributed by atoms with E-state index in [2.05, 4.69) is 4.90 Å². The van der Waals surface area contributed by atoms with Crippen LogP contribution in [0.1, 0.15) is 11.1 Å². The van der Waals surface area contributed by atoms with Gasteiger partial charge in [-0.1, -0.05) is 6.07 Å². The summed E-state index contributed by atoms with van der Waals surface area (Å²) in [6.45, 7) is 1.65. The first kappa shape index (κ1) is 10.0. The molecule has 3 nitrogen and oxygen atoms in total. The van der Waals surface area contributed by atoms with Crippen LogP contribution in [0.5, 0.6) is 11.5 Å². The van der Waals surface area contributed by atoms with Crippen LogP contribution in [0.25, 0.3) is 0 Å². The van der Waals surface area contributed by atoms with Gasteiger partial charge in [0.05, 0.1) is 0 Å². The smallest absolute Gasteiger partial charge is 0.115 e. The van der Waals surface area contributed by atoms with Gasteiger partial charge in [-0.05, 0) is 47.5 Å².